The fourth-order valence-corrected chi connectivity index (χ4v) is 2.62. The van der Waals surface area contributed by atoms with E-state index in [-0.39, 0.29) is 18.0 Å². The number of pyridine rings is 1. The lowest BCUT2D eigenvalue weighted by molar-refractivity contribution is 0.100. The van der Waals surface area contributed by atoms with Crippen LogP contribution in [0.2, 0.25) is 0 Å². The Morgan fingerprint density at radius 3 is 2.76 bits per heavy atom. The van der Waals surface area contributed by atoms with Crippen LogP contribution in [-0.2, 0) is 6.54 Å². The molecule has 0 spiro atoms. The number of nitrogens with two attached hydrogens (primary N) is 2. The highest BCUT2D eigenvalue weighted by atomic mass is 16.3. The van der Waals surface area contributed by atoms with Crippen LogP contribution >= 0.6 is 0 Å². The zero-order chi connectivity index (χ0) is 15.0. The van der Waals surface area contributed by atoms with Gasteiger partial charge < -0.3 is 21.1 Å². The van der Waals surface area contributed by atoms with Crippen LogP contribution in [0, 0.1) is 0 Å². The van der Waals surface area contributed by atoms with Crippen LogP contribution in [0.3, 0.4) is 0 Å². The fourth-order valence-electron chi connectivity index (χ4n) is 2.62. The molecule has 2 heterocycles. The minimum atomic E-state index is -0.589. The van der Waals surface area contributed by atoms with Gasteiger partial charge in [-0.05, 0) is 18.6 Å². The minimum Gasteiger partial charge on any atom is -0.396 e. The summed E-state index contributed by atoms with van der Waals surface area (Å²) in [7, 11) is 0. The maximum Gasteiger partial charge on any atom is 0.252 e. The highest BCUT2D eigenvalue weighted by Gasteiger charge is 2.16. The molecule has 6 nitrogen and oxygen atoms in total. The van der Waals surface area contributed by atoms with Gasteiger partial charge >= 0.3 is 0 Å². The Labute approximate surface area is 121 Å². The first kappa shape index (κ1) is 13.4. The number of nitrogens with zero attached hydrogens (tertiary/aromatic N) is 2. The van der Waals surface area contributed by atoms with Crippen LogP contribution in [-0.4, -0.2) is 27.2 Å². The first-order valence-electron chi connectivity index (χ1n) is 6.71. The highest BCUT2D eigenvalue weighted by Crippen LogP contribution is 2.30. The van der Waals surface area contributed by atoms with Crippen LogP contribution in [0.5, 0.6) is 0 Å². The number of aryl methyl sites for hydroxylation is 1. The van der Waals surface area contributed by atoms with Gasteiger partial charge in [0.05, 0.1) is 11.1 Å². The number of nitrogen functional groups attached to an aromatic ring is 1. The average Bonchev–Trinajstić information content (AvgIpc) is 2.77. The number of anilines is 1. The second-order valence-electron chi connectivity index (χ2n) is 4.90. The van der Waals surface area contributed by atoms with E-state index in [0.717, 1.165) is 16.3 Å². The van der Waals surface area contributed by atoms with Crippen molar-refractivity contribution >= 4 is 33.7 Å². The summed E-state index contributed by atoms with van der Waals surface area (Å²) in [5, 5.41) is 10.9. The summed E-state index contributed by atoms with van der Waals surface area (Å²) in [4.78, 5) is 15.8. The van der Waals surface area contributed by atoms with Crippen molar-refractivity contribution in [2.45, 2.75) is 13.0 Å². The van der Waals surface area contributed by atoms with Crippen LogP contribution in [0.4, 0.5) is 5.82 Å². The standard InChI is InChI=1S/C15H16N4O2/c16-13-11(14(17)21)8-10-9-4-1-2-5-12(9)19(6-3-7-20)15(10)18-13/h1-2,4-5,8,20H,3,6-7H2,(H2,16,18)(H2,17,21). The van der Waals surface area contributed by atoms with E-state index in [0.29, 0.717) is 18.6 Å². The van der Waals surface area contributed by atoms with Crippen molar-refractivity contribution in [1.82, 2.24) is 9.55 Å². The molecule has 0 radical (unpaired) electrons. The van der Waals surface area contributed by atoms with Crippen molar-refractivity contribution in [3.63, 3.8) is 0 Å². The number of aromatic nitrogens is 2. The number of carbonyl (C=O) groups excluding carboxylic acids is 1. The SMILES string of the molecule is NC(=O)c1cc2c3ccccc3n(CCCO)c2nc1N. The first-order chi connectivity index (χ1) is 10.1. The molecule has 0 aliphatic heterocycles. The number of benzene rings is 1. The van der Waals surface area contributed by atoms with Gasteiger partial charge in [0.2, 0.25) is 0 Å². The maximum absolute atomic E-state index is 11.4. The Morgan fingerprint density at radius 2 is 2.05 bits per heavy atom. The van der Waals surface area contributed by atoms with E-state index < -0.39 is 5.91 Å². The summed E-state index contributed by atoms with van der Waals surface area (Å²) in [6, 6.07) is 9.51. The normalized spacial score (nSPS) is 11.3. The number of hydrogen-bond donors (Lipinski definition) is 3. The predicted molar refractivity (Wildman–Crippen MR) is 81.9 cm³/mol. The molecular formula is C15H16N4O2. The molecule has 2 aromatic heterocycles. The maximum atomic E-state index is 11.4. The van der Waals surface area contributed by atoms with Gasteiger partial charge in [0.1, 0.15) is 11.5 Å². The predicted octanol–water partition coefficient (Wildman–Crippen LogP) is 1.25. The first-order valence-corrected chi connectivity index (χ1v) is 6.71. The number of amides is 1. The van der Waals surface area contributed by atoms with Gasteiger partial charge in [0.25, 0.3) is 5.91 Å². The van der Waals surface area contributed by atoms with Gasteiger partial charge in [0, 0.05) is 23.9 Å². The largest absolute Gasteiger partial charge is 0.396 e. The van der Waals surface area contributed by atoms with Crippen molar-refractivity contribution in [1.29, 1.82) is 0 Å². The van der Waals surface area contributed by atoms with Crippen molar-refractivity contribution in [2.75, 3.05) is 12.3 Å². The Hall–Kier alpha value is -2.60. The van der Waals surface area contributed by atoms with E-state index in [1.807, 2.05) is 28.8 Å². The number of hydrogen-bond acceptors (Lipinski definition) is 4. The third-order valence-electron chi connectivity index (χ3n) is 3.58. The Kier molecular flexibility index (Phi) is 3.23. The zero-order valence-corrected chi connectivity index (χ0v) is 11.4. The van der Waals surface area contributed by atoms with Gasteiger partial charge in [-0.1, -0.05) is 18.2 Å². The molecule has 1 amide bonds. The number of aliphatic hydroxyl groups excluding tert-OH is 1. The molecular weight excluding hydrogens is 268 g/mol. The highest BCUT2D eigenvalue weighted by molar-refractivity contribution is 6.10. The lowest BCUT2D eigenvalue weighted by Crippen LogP contribution is -2.14. The summed E-state index contributed by atoms with van der Waals surface area (Å²) in [5.41, 5.74) is 13.1. The molecule has 0 fully saturated rings. The van der Waals surface area contributed by atoms with Crippen molar-refractivity contribution in [2.24, 2.45) is 5.73 Å². The third kappa shape index (κ3) is 2.09. The lowest BCUT2D eigenvalue weighted by atomic mass is 10.1. The van der Waals surface area contributed by atoms with Crippen LogP contribution < -0.4 is 11.5 Å². The Balaban J connectivity index is 2.37. The Morgan fingerprint density at radius 1 is 1.29 bits per heavy atom. The molecule has 5 N–H and O–H groups in total. The average molecular weight is 284 g/mol. The molecule has 0 saturated carbocycles. The number of fused-ring (bicyclic) bond motifs is 3. The van der Waals surface area contributed by atoms with Crippen molar-refractivity contribution in [3.05, 3.63) is 35.9 Å². The third-order valence-corrected chi connectivity index (χ3v) is 3.58. The zero-order valence-electron chi connectivity index (χ0n) is 11.4. The van der Waals surface area contributed by atoms with Crippen molar-refractivity contribution < 1.29 is 9.90 Å². The number of aliphatic hydroxyl groups is 1. The molecule has 6 heteroatoms. The van der Waals surface area contributed by atoms with Gasteiger partial charge in [0.15, 0.2) is 0 Å². The summed E-state index contributed by atoms with van der Waals surface area (Å²) in [6.07, 6.45) is 0.618. The number of para-hydroxylation sites is 1. The fraction of sp³-hybridized carbons (Fsp3) is 0.200. The molecule has 0 aliphatic rings. The van der Waals surface area contributed by atoms with E-state index in [1.165, 1.54) is 0 Å². The van der Waals surface area contributed by atoms with Gasteiger partial charge in [-0.2, -0.15) is 0 Å². The van der Waals surface area contributed by atoms with Gasteiger partial charge in [-0.15, -0.1) is 0 Å². The summed E-state index contributed by atoms with van der Waals surface area (Å²) >= 11 is 0. The number of rotatable bonds is 4. The molecule has 0 bridgehead atoms. The van der Waals surface area contributed by atoms with E-state index in [9.17, 15) is 4.79 Å². The molecule has 1 aromatic carbocycles. The quantitative estimate of drug-likeness (QED) is 0.670. The molecule has 0 unspecified atom stereocenters. The number of carbonyl (C=O) groups is 1. The van der Waals surface area contributed by atoms with Gasteiger partial charge in [-0.3, -0.25) is 4.79 Å². The van der Waals surface area contributed by atoms with Crippen LogP contribution in [0.25, 0.3) is 21.9 Å². The van der Waals surface area contributed by atoms with E-state index >= 15 is 0 Å². The van der Waals surface area contributed by atoms with Crippen LogP contribution in [0.1, 0.15) is 16.8 Å². The summed E-state index contributed by atoms with van der Waals surface area (Å²) in [6.45, 7) is 0.728. The molecule has 3 aromatic rings. The van der Waals surface area contributed by atoms with Crippen molar-refractivity contribution in [3.8, 4) is 0 Å². The van der Waals surface area contributed by atoms with Crippen LogP contribution in [0.15, 0.2) is 30.3 Å². The molecule has 108 valence electrons. The summed E-state index contributed by atoms with van der Waals surface area (Å²) < 4.78 is 2.00. The smallest absolute Gasteiger partial charge is 0.252 e. The van der Waals surface area contributed by atoms with E-state index in [2.05, 4.69) is 4.98 Å². The molecule has 3 rings (SSSR count). The lowest BCUT2D eigenvalue weighted by Gasteiger charge is -2.06. The van der Waals surface area contributed by atoms with E-state index in [1.54, 1.807) is 6.07 Å². The molecule has 0 saturated heterocycles. The molecule has 0 atom stereocenters. The summed E-state index contributed by atoms with van der Waals surface area (Å²) in [5.74, 6) is -0.461. The number of primary amides is 1. The monoisotopic (exact) mass is 284 g/mol. The minimum absolute atomic E-state index is 0.100. The topological polar surface area (TPSA) is 107 Å². The Bertz CT molecular complexity index is 838. The van der Waals surface area contributed by atoms with E-state index in [4.69, 9.17) is 16.6 Å². The second-order valence-corrected chi connectivity index (χ2v) is 4.90. The van der Waals surface area contributed by atoms with Gasteiger partial charge in [-0.25, -0.2) is 4.98 Å². The second kappa shape index (κ2) is 5.06. The molecule has 21 heavy (non-hydrogen) atoms. The molecule has 0 aliphatic carbocycles.